The molecule has 1 saturated heterocycles. The molecule has 2 N–H and O–H groups in total. The van der Waals surface area contributed by atoms with Crippen LogP contribution in [-0.4, -0.2) is 39.6 Å². The van der Waals surface area contributed by atoms with Gasteiger partial charge in [0, 0.05) is 25.2 Å². The van der Waals surface area contributed by atoms with Gasteiger partial charge in [-0.05, 0) is 44.2 Å². The number of likely N-dealkylation sites (tertiary alicyclic amines) is 1. The minimum Gasteiger partial charge on any atom is -0.481 e. The largest absolute Gasteiger partial charge is 0.481 e. The molecule has 1 fully saturated rings. The van der Waals surface area contributed by atoms with Crippen molar-refractivity contribution in [3.63, 3.8) is 0 Å². The molecule has 1 aliphatic heterocycles. The number of piperidine rings is 1. The summed E-state index contributed by atoms with van der Waals surface area (Å²) < 4.78 is 0. The Morgan fingerprint density at radius 1 is 1.48 bits per heavy atom. The lowest BCUT2D eigenvalue weighted by molar-refractivity contribution is -0.137. The maximum atomic E-state index is 12.4. The van der Waals surface area contributed by atoms with Gasteiger partial charge in [-0.1, -0.05) is 0 Å². The van der Waals surface area contributed by atoms with Crippen LogP contribution in [0.2, 0.25) is 0 Å². The molecule has 6 heteroatoms. The number of aryl methyl sites for hydroxylation is 1. The second-order valence-corrected chi connectivity index (χ2v) is 5.40. The first-order valence-corrected chi connectivity index (χ1v) is 7.28. The number of anilines is 1. The monoisotopic (exact) mass is 291 g/mol. The summed E-state index contributed by atoms with van der Waals surface area (Å²) in [7, 11) is 0. The molecule has 0 radical (unpaired) electrons. The van der Waals surface area contributed by atoms with Gasteiger partial charge in [-0.15, -0.1) is 0 Å². The maximum absolute atomic E-state index is 12.4. The molecule has 0 saturated carbocycles. The van der Waals surface area contributed by atoms with E-state index in [-0.39, 0.29) is 18.5 Å². The van der Waals surface area contributed by atoms with Crippen molar-refractivity contribution in [2.75, 3.05) is 11.9 Å². The fourth-order valence-electron chi connectivity index (χ4n) is 2.64. The summed E-state index contributed by atoms with van der Waals surface area (Å²) in [6, 6.07) is 1.68. The van der Waals surface area contributed by atoms with Gasteiger partial charge < -0.3 is 15.3 Å². The third kappa shape index (κ3) is 4.18. The lowest BCUT2D eigenvalue weighted by Crippen LogP contribution is -2.46. The molecule has 2 amide bonds. The number of pyridine rings is 1. The summed E-state index contributed by atoms with van der Waals surface area (Å²) >= 11 is 0. The fraction of sp³-hybridized carbons (Fsp3) is 0.533. The quantitative estimate of drug-likeness (QED) is 0.893. The zero-order chi connectivity index (χ0) is 15.2. The third-order valence-corrected chi connectivity index (χ3v) is 3.86. The van der Waals surface area contributed by atoms with Crippen molar-refractivity contribution in [2.45, 2.75) is 45.1 Å². The Morgan fingerprint density at radius 2 is 2.29 bits per heavy atom. The van der Waals surface area contributed by atoms with Gasteiger partial charge in [0.1, 0.15) is 0 Å². The number of nitrogens with zero attached hydrogens (tertiary/aromatic N) is 2. The van der Waals surface area contributed by atoms with Crippen molar-refractivity contribution in [3.8, 4) is 0 Å². The third-order valence-electron chi connectivity index (χ3n) is 3.86. The molecule has 2 heterocycles. The highest BCUT2D eigenvalue weighted by Gasteiger charge is 2.27. The molecule has 1 aromatic heterocycles. The molecular weight excluding hydrogens is 270 g/mol. The minimum atomic E-state index is -0.816. The van der Waals surface area contributed by atoms with Gasteiger partial charge in [0.05, 0.1) is 11.9 Å². The molecule has 1 atom stereocenters. The molecule has 0 aliphatic carbocycles. The van der Waals surface area contributed by atoms with Crippen LogP contribution in [0.3, 0.4) is 0 Å². The number of carbonyl (C=O) groups excluding carboxylic acids is 1. The Morgan fingerprint density at radius 3 is 3.00 bits per heavy atom. The molecular formula is C15H21N3O3. The Balaban J connectivity index is 2.01. The van der Waals surface area contributed by atoms with E-state index in [0.717, 1.165) is 24.8 Å². The van der Waals surface area contributed by atoms with Crippen molar-refractivity contribution in [2.24, 2.45) is 0 Å². The summed E-state index contributed by atoms with van der Waals surface area (Å²) in [4.78, 5) is 28.9. The normalized spacial score (nSPS) is 18.3. The van der Waals surface area contributed by atoms with Crippen LogP contribution >= 0.6 is 0 Å². The summed E-state index contributed by atoms with van der Waals surface area (Å²) in [6.45, 7) is 2.59. The molecule has 1 aliphatic rings. The van der Waals surface area contributed by atoms with E-state index in [9.17, 15) is 9.59 Å². The van der Waals surface area contributed by atoms with Crippen molar-refractivity contribution < 1.29 is 14.7 Å². The average molecular weight is 291 g/mol. The van der Waals surface area contributed by atoms with Gasteiger partial charge in [-0.3, -0.25) is 9.78 Å². The lowest BCUT2D eigenvalue weighted by Gasteiger charge is -2.35. The predicted octanol–water partition coefficient (Wildman–Crippen LogP) is 2.64. The zero-order valence-corrected chi connectivity index (χ0v) is 12.2. The van der Waals surface area contributed by atoms with Crippen LogP contribution < -0.4 is 5.32 Å². The molecule has 21 heavy (non-hydrogen) atoms. The first-order chi connectivity index (χ1) is 10.1. The van der Waals surface area contributed by atoms with Crippen LogP contribution in [0.15, 0.2) is 18.5 Å². The molecule has 0 bridgehead atoms. The molecule has 114 valence electrons. The number of hydrogen-bond acceptors (Lipinski definition) is 3. The number of nitrogens with one attached hydrogen (secondary N) is 1. The topological polar surface area (TPSA) is 82.5 Å². The highest BCUT2D eigenvalue weighted by atomic mass is 16.4. The molecule has 0 aromatic carbocycles. The number of aliphatic carboxylic acids is 1. The van der Waals surface area contributed by atoms with Crippen molar-refractivity contribution in [3.05, 3.63) is 24.0 Å². The Hall–Kier alpha value is -2.11. The number of amides is 2. The van der Waals surface area contributed by atoms with Gasteiger partial charge in [0.2, 0.25) is 0 Å². The van der Waals surface area contributed by atoms with Gasteiger partial charge in [-0.2, -0.15) is 0 Å². The average Bonchev–Trinajstić information content (AvgIpc) is 2.47. The molecule has 6 nitrogen and oxygen atoms in total. The van der Waals surface area contributed by atoms with Gasteiger partial charge in [-0.25, -0.2) is 4.79 Å². The molecule has 1 unspecified atom stereocenters. The highest BCUT2D eigenvalue weighted by molar-refractivity contribution is 5.90. The number of carbonyl (C=O) groups is 2. The number of rotatable bonds is 4. The number of aromatic nitrogens is 1. The van der Waals surface area contributed by atoms with Crippen molar-refractivity contribution in [1.29, 1.82) is 0 Å². The van der Waals surface area contributed by atoms with E-state index >= 15 is 0 Å². The summed E-state index contributed by atoms with van der Waals surface area (Å²) in [5.74, 6) is -0.816. The Bertz CT molecular complexity index is 519. The van der Waals surface area contributed by atoms with Crippen LogP contribution in [-0.2, 0) is 4.79 Å². The number of urea groups is 1. The first kappa shape index (κ1) is 15.3. The number of carboxylic acids is 1. The number of carboxylic acid groups (broad SMARTS) is 1. The highest BCUT2D eigenvalue weighted by Crippen LogP contribution is 2.22. The van der Waals surface area contributed by atoms with Crippen LogP contribution in [0, 0.1) is 6.92 Å². The Kier molecular flexibility index (Phi) is 5.14. The van der Waals surface area contributed by atoms with E-state index < -0.39 is 5.97 Å². The van der Waals surface area contributed by atoms with Crippen LogP contribution in [0.25, 0.3) is 0 Å². The van der Waals surface area contributed by atoms with Gasteiger partial charge in [0.15, 0.2) is 0 Å². The minimum absolute atomic E-state index is 0.00632. The van der Waals surface area contributed by atoms with E-state index in [1.165, 1.54) is 0 Å². The molecule has 0 spiro atoms. The number of hydrogen-bond donors (Lipinski definition) is 2. The smallest absolute Gasteiger partial charge is 0.322 e. The second-order valence-electron chi connectivity index (χ2n) is 5.40. The standard InChI is InChI=1S/C15H21N3O3/c1-11-7-8-16-10-13(11)17-15(21)18-9-3-2-4-12(18)5-6-14(19)20/h7-8,10,12H,2-6,9H2,1H3,(H,17,21)(H,19,20). The second kappa shape index (κ2) is 7.06. The van der Waals surface area contributed by atoms with E-state index in [1.54, 1.807) is 17.3 Å². The SMILES string of the molecule is Cc1ccncc1NC(=O)N1CCCCC1CCC(=O)O. The molecule has 2 rings (SSSR count). The van der Waals surface area contributed by atoms with Crippen LogP contribution in [0.4, 0.5) is 10.5 Å². The van der Waals surface area contributed by atoms with E-state index in [0.29, 0.717) is 18.7 Å². The van der Waals surface area contributed by atoms with E-state index in [4.69, 9.17) is 5.11 Å². The maximum Gasteiger partial charge on any atom is 0.322 e. The summed E-state index contributed by atoms with van der Waals surface area (Å²) in [6.07, 6.45) is 6.79. The molecule has 1 aromatic rings. The first-order valence-electron chi connectivity index (χ1n) is 7.28. The summed E-state index contributed by atoms with van der Waals surface area (Å²) in [5.41, 5.74) is 1.66. The summed E-state index contributed by atoms with van der Waals surface area (Å²) in [5, 5.41) is 11.7. The van der Waals surface area contributed by atoms with Crippen LogP contribution in [0.1, 0.15) is 37.7 Å². The van der Waals surface area contributed by atoms with Crippen molar-refractivity contribution in [1.82, 2.24) is 9.88 Å². The van der Waals surface area contributed by atoms with E-state index in [1.807, 2.05) is 13.0 Å². The van der Waals surface area contributed by atoms with Gasteiger partial charge in [0.25, 0.3) is 0 Å². The van der Waals surface area contributed by atoms with E-state index in [2.05, 4.69) is 10.3 Å². The van der Waals surface area contributed by atoms with Crippen LogP contribution in [0.5, 0.6) is 0 Å². The predicted molar refractivity (Wildman–Crippen MR) is 79.2 cm³/mol. The lowest BCUT2D eigenvalue weighted by atomic mass is 9.98. The zero-order valence-electron chi connectivity index (χ0n) is 12.2. The Labute approximate surface area is 124 Å². The van der Waals surface area contributed by atoms with Gasteiger partial charge >= 0.3 is 12.0 Å². The van der Waals surface area contributed by atoms with Crippen molar-refractivity contribution >= 4 is 17.7 Å². The fourth-order valence-corrected chi connectivity index (χ4v) is 2.64.